The van der Waals surface area contributed by atoms with Crippen molar-refractivity contribution in [3.05, 3.63) is 29.6 Å². The van der Waals surface area contributed by atoms with E-state index in [1.807, 2.05) is 6.07 Å². The van der Waals surface area contributed by atoms with Crippen molar-refractivity contribution in [2.24, 2.45) is 5.92 Å². The Bertz CT molecular complexity index is 456. The van der Waals surface area contributed by atoms with Gasteiger partial charge in [-0.25, -0.2) is 4.39 Å². The molecule has 2 aliphatic rings. The summed E-state index contributed by atoms with van der Waals surface area (Å²) >= 11 is 0. The van der Waals surface area contributed by atoms with Gasteiger partial charge in [-0.05, 0) is 30.5 Å². The highest BCUT2D eigenvalue weighted by atomic mass is 19.1. The number of methoxy groups -OCH3 is 1. The molecule has 1 aliphatic heterocycles. The van der Waals surface area contributed by atoms with Crippen LogP contribution in [0.2, 0.25) is 0 Å². The molecule has 0 radical (unpaired) electrons. The maximum absolute atomic E-state index is 14.3. The summed E-state index contributed by atoms with van der Waals surface area (Å²) in [5.41, 5.74) is 0.804. The maximum Gasteiger partial charge on any atom is 0.128 e. The Kier molecular flexibility index (Phi) is 4.22. The summed E-state index contributed by atoms with van der Waals surface area (Å²) in [4.78, 5) is 2.42. The molecular formula is C16H23FN2O. The summed E-state index contributed by atoms with van der Waals surface area (Å²) in [6.45, 7) is 3.97. The van der Waals surface area contributed by atoms with Crippen molar-refractivity contribution in [1.29, 1.82) is 0 Å². The van der Waals surface area contributed by atoms with Gasteiger partial charge in [-0.3, -0.25) is 4.90 Å². The standard InChI is InChI=1S/C16H23FN2O/c1-20-13-4-5-15(17)14(11-13)16(10-12-2-3-12)19-8-6-18-7-9-19/h4-5,11-12,16,18H,2-3,6-10H2,1H3/t16-/m0/s1. The third kappa shape index (κ3) is 3.13. The van der Waals surface area contributed by atoms with Gasteiger partial charge in [-0.1, -0.05) is 12.8 Å². The second kappa shape index (κ2) is 6.10. The fraction of sp³-hybridized carbons (Fsp3) is 0.625. The van der Waals surface area contributed by atoms with Crippen LogP contribution >= 0.6 is 0 Å². The average molecular weight is 278 g/mol. The number of benzene rings is 1. The zero-order valence-corrected chi connectivity index (χ0v) is 12.1. The highest BCUT2D eigenvalue weighted by Crippen LogP contribution is 2.41. The zero-order valence-electron chi connectivity index (χ0n) is 12.1. The van der Waals surface area contributed by atoms with Crippen LogP contribution < -0.4 is 10.1 Å². The molecule has 0 amide bonds. The summed E-state index contributed by atoms with van der Waals surface area (Å²) < 4.78 is 19.6. The third-order valence-electron chi connectivity index (χ3n) is 4.41. The van der Waals surface area contributed by atoms with Gasteiger partial charge < -0.3 is 10.1 Å². The molecule has 1 aromatic rings. The molecule has 110 valence electrons. The minimum Gasteiger partial charge on any atom is -0.497 e. The van der Waals surface area contributed by atoms with Crippen LogP contribution in [0.4, 0.5) is 4.39 Å². The summed E-state index contributed by atoms with van der Waals surface area (Å²) in [5.74, 6) is 1.42. The lowest BCUT2D eigenvalue weighted by Crippen LogP contribution is -2.45. The van der Waals surface area contributed by atoms with Crippen LogP contribution in [0.5, 0.6) is 5.75 Å². The van der Waals surface area contributed by atoms with Crippen LogP contribution in [0.1, 0.15) is 30.9 Å². The van der Waals surface area contributed by atoms with Crippen molar-refractivity contribution < 1.29 is 9.13 Å². The molecule has 4 heteroatoms. The lowest BCUT2D eigenvalue weighted by molar-refractivity contribution is 0.157. The van der Waals surface area contributed by atoms with E-state index in [9.17, 15) is 4.39 Å². The summed E-state index contributed by atoms with van der Waals surface area (Å²) in [7, 11) is 1.64. The molecular weight excluding hydrogens is 255 g/mol. The van der Waals surface area contributed by atoms with Gasteiger partial charge in [0.1, 0.15) is 11.6 Å². The molecule has 0 spiro atoms. The third-order valence-corrected chi connectivity index (χ3v) is 4.41. The predicted molar refractivity (Wildman–Crippen MR) is 77.5 cm³/mol. The Morgan fingerprint density at radius 2 is 2.10 bits per heavy atom. The van der Waals surface area contributed by atoms with E-state index < -0.39 is 0 Å². The Hall–Kier alpha value is -1.13. The lowest BCUT2D eigenvalue weighted by atomic mass is 9.98. The molecule has 1 heterocycles. The molecule has 3 nitrogen and oxygen atoms in total. The van der Waals surface area contributed by atoms with Gasteiger partial charge in [0, 0.05) is 37.8 Å². The Labute approximate surface area is 120 Å². The van der Waals surface area contributed by atoms with Gasteiger partial charge in [-0.15, -0.1) is 0 Å². The van der Waals surface area contributed by atoms with Gasteiger partial charge in [0.05, 0.1) is 7.11 Å². The van der Waals surface area contributed by atoms with Gasteiger partial charge >= 0.3 is 0 Å². The number of nitrogens with one attached hydrogen (secondary N) is 1. The fourth-order valence-electron chi connectivity index (χ4n) is 3.04. The number of ether oxygens (including phenoxy) is 1. The minimum atomic E-state index is -0.102. The lowest BCUT2D eigenvalue weighted by Gasteiger charge is -2.35. The molecule has 2 fully saturated rings. The van der Waals surface area contributed by atoms with Crippen molar-refractivity contribution >= 4 is 0 Å². The molecule has 0 unspecified atom stereocenters. The van der Waals surface area contributed by atoms with E-state index in [0.717, 1.165) is 49.8 Å². The van der Waals surface area contributed by atoms with Crippen LogP contribution in [-0.4, -0.2) is 38.2 Å². The first kappa shape index (κ1) is 13.8. The fourth-order valence-corrected chi connectivity index (χ4v) is 3.04. The van der Waals surface area contributed by atoms with E-state index in [1.165, 1.54) is 18.9 Å². The Morgan fingerprint density at radius 3 is 2.75 bits per heavy atom. The SMILES string of the molecule is COc1ccc(F)c([C@H](CC2CC2)N2CCNCC2)c1. The van der Waals surface area contributed by atoms with E-state index in [-0.39, 0.29) is 11.9 Å². The van der Waals surface area contributed by atoms with E-state index in [1.54, 1.807) is 13.2 Å². The maximum atomic E-state index is 14.3. The second-order valence-electron chi connectivity index (χ2n) is 5.87. The molecule has 1 aromatic carbocycles. The summed E-state index contributed by atoms with van der Waals surface area (Å²) in [6.07, 6.45) is 3.67. The molecule has 0 aromatic heterocycles. The number of rotatable bonds is 5. The molecule has 1 atom stereocenters. The number of hydrogen-bond donors (Lipinski definition) is 1. The smallest absolute Gasteiger partial charge is 0.128 e. The Balaban J connectivity index is 1.86. The first-order valence-electron chi connectivity index (χ1n) is 7.56. The van der Waals surface area contributed by atoms with Crippen molar-refractivity contribution in [1.82, 2.24) is 10.2 Å². The van der Waals surface area contributed by atoms with Gasteiger partial charge in [-0.2, -0.15) is 0 Å². The summed E-state index contributed by atoms with van der Waals surface area (Å²) in [6, 6.07) is 5.31. The van der Waals surface area contributed by atoms with E-state index >= 15 is 0 Å². The van der Waals surface area contributed by atoms with Gasteiger partial charge in [0.15, 0.2) is 0 Å². The quantitative estimate of drug-likeness (QED) is 0.896. The van der Waals surface area contributed by atoms with Crippen LogP contribution in [0.3, 0.4) is 0 Å². The highest BCUT2D eigenvalue weighted by Gasteiger charge is 2.32. The van der Waals surface area contributed by atoms with E-state index in [2.05, 4.69) is 10.2 Å². The van der Waals surface area contributed by atoms with Crippen LogP contribution in [0.25, 0.3) is 0 Å². The topological polar surface area (TPSA) is 24.5 Å². The summed E-state index contributed by atoms with van der Waals surface area (Å²) in [5, 5.41) is 3.37. The molecule has 1 saturated carbocycles. The molecule has 1 N–H and O–H groups in total. The number of piperazine rings is 1. The highest BCUT2D eigenvalue weighted by molar-refractivity contribution is 5.32. The first-order valence-corrected chi connectivity index (χ1v) is 7.56. The molecule has 1 aliphatic carbocycles. The normalized spacial score (nSPS) is 21.7. The largest absolute Gasteiger partial charge is 0.497 e. The second-order valence-corrected chi connectivity index (χ2v) is 5.87. The molecule has 3 rings (SSSR count). The van der Waals surface area contributed by atoms with Crippen LogP contribution in [0, 0.1) is 11.7 Å². The van der Waals surface area contributed by atoms with Crippen molar-refractivity contribution in [2.45, 2.75) is 25.3 Å². The monoisotopic (exact) mass is 278 g/mol. The van der Waals surface area contributed by atoms with Crippen molar-refractivity contribution in [3.63, 3.8) is 0 Å². The number of halogens is 1. The minimum absolute atomic E-state index is 0.102. The van der Waals surface area contributed by atoms with Crippen LogP contribution in [-0.2, 0) is 0 Å². The van der Waals surface area contributed by atoms with Crippen molar-refractivity contribution in [2.75, 3.05) is 33.3 Å². The molecule has 0 bridgehead atoms. The van der Waals surface area contributed by atoms with Gasteiger partial charge in [0.2, 0.25) is 0 Å². The Morgan fingerprint density at radius 1 is 1.35 bits per heavy atom. The number of nitrogens with zero attached hydrogens (tertiary/aromatic N) is 1. The van der Waals surface area contributed by atoms with Gasteiger partial charge in [0.25, 0.3) is 0 Å². The first-order chi connectivity index (χ1) is 9.78. The molecule has 1 saturated heterocycles. The van der Waals surface area contributed by atoms with Crippen LogP contribution in [0.15, 0.2) is 18.2 Å². The van der Waals surface area contributed by atoms with E-state index in [4.69, 9.17) is 4.74 Å². The van der Waals surface area contributed by atoms with E-state index in [0.29, 0.717) is 0 Å². The average Bonchev–Trinajstić information content (AvgIpc) is 3.31. The van der Waals surface area contributed by atoms with Crippen molar-refractivity contribution in [3.8, 4) is 5.75 Å². The number of hydrogen-bond acceptors (Lipinski definition) is 3. The zero-order chi connectivity index (χ0) is 13.9. The molecule has 20 heavy (non-hydrogen) atoms. The predicted octanol–water partition coefficient (Wildman–Crippen LogP) is 2.58.